The van der Waals surface area contributed by atoms with Gasteiger partial charge < -0.3 is 10.1 Å². The number of nitrogens with one attached hydrogen (secondary N) is 1. The second-order valence-electron chi connectivity index (χ2n) is 5.95. The Balaban J connectivity index is 1.97. The van der Waals surface area contributed by atoms with Crippen LogP contribution in [0.25, 0.3) is 5.57 Å². The summed E-state index contributed by atoms with van der Waals surface area (Å²) in [4.78, 5) is 0. The van der Waals surface area contributed by atoms with Crippen molar-refractivity contribution >= 4 is 5.57 Å². The van der Waals surface area contributed by atoms with E-state index in [-0.39, 0.29) is 0 Å². The molecule has 1 fully saturated rings. The van der Waals surface area contributed by atoms with Gasteiger partial charge in [0.25, 0.3) is 0 Å². The molecule has 0 radical (unpaired) electrons. The van der Waals surface area contributed by atoms with Gasteiger partial charge >= 0.3 is 0 Å². The topological polar surface area (TPSA) is 21.3 Å². The average molecular weight is 285 g/mol. The van der Waals surface area contributed by atoms with E-state index in [1.807, 2.05) is 13.0 Å². The smallest absolute Gasteiger partial charge is 0.119 e. The number of rotatable bonds is 5. The summed E-state index contributed by atoms with van der Waals surface area (Å²) >= 11 is 0. The first-order valence-corrected chi connectivity index (χ1v) is 7.96. The zero-order valence-electron chi connectivity index (χ0n) is 13.4. The molecule has 2 rings (SSSR count). The van der Waals surface area contributed by atoms with Gasteiger partial charge in [0.1, 0.15) is 5.75 Å². The van der Waals surface area contributed by atoms with Gasteiger partial charge in [-0.2, -0.15) is 0 Å². The SMILES string of the molecule is C/C=C\C(=C/C)c1cccc(OC[C@@H]2CNC[C@H](C)C2)c1. The van der Waals surface area contributed by atoms with Gasteiger partial charge in [-0.25, -0.2) is 0 Å². The van der Waals surface area contributed by atoms with E-state index in [1.165, 1.54) is 17.6 Å². The van der Waals surface area contributed by atoms with Crippen LogP contribution in [0.5, 0.6) is 5.75 Å². The molecule has 1 aromatic rings. The quantitative estimate of drug-likeness (QED) is 0.815. The van der Waals surface area contributed by atoms with Gasteiger partial charge in [0.2, 0.25) is 0 Å². The van der Waals surface area contributed by atoms with Crippen LogP contribution in [-0.2, 0) is 0 Å². The Morgan fingerprint density at radius 2 is 2.19 bits per heavy atom. The van der Waals surface area contributed by atoms with E-state index >= 15 is 0 Å². The Bertz CT molecular complexity index is 504. The fraction of sp³-hybridized carbons (Fsp3) is 0.474. The number of benzene rings is 1. The highest BCUT2D eigenvalue weighted by molar-refractivity contribution is 5.74. The van der Waals surface area contributed by atoms with Gasteiger partial charge in [-0.3, -0.25) is 0 Å². The second-order valence-corrected chi connectivity index (χ2v) is 5.95. The lowest BCUT2D eigenvalue weighted by Gasteiger charge is -2.27. The third-order valence-corrected chi connectivity index (χ3v) is 3.97. The molecule has 2 atom stereocenters. The van der Waals surface area contributed by atoms with Crippen LogP contribution >= 0.6 is 0 Å². The summed E-state index contributed by atoms with van der Waals surface area (Å²) < 4.78 is 6.02. The molecule has 0 aliphatic carbocycles. The molecular weight excluding hydrogens is 258 g/mol. The summed E-state index contributed by atoms with van der Waals surface area (Å²) in [5.74, 6) is 2.34. The Morgan fingerprint density at radius 3 is 2.90 bits per heavy atom. The predicted octanol–water partition coefficient (Wildman–Crippen LogP) is 4.29. The van der Waals surface area contributed by atoms with E-state index < -0.39 is 0 Å². The lowest BCUT2D eigenvalue weighted by atomic mass is 9.92. The highest BCUT2D eigenvalue weighted by Gasteiger charge is 2.18. The van der Waals surface area contributed by atoms with E-state index in [2.05, 4.69) is 55.6 Å². The van der Waals surface area contributed by atoms with Crippen molar-refractivity contribution in [1.29, 1.82) is 0 Å². The van der Waals surface area contributed by atoms with Crippen LogP contribution in [0.3, 0.4) is 0 Å². The van der Waals surface area contributed by atoms with Gasteiger partial charge in [-0.1, -0.05) is 37.3 Å². The molecule has 114 valence electrons. The molecule has 0 unspecified atom stereocenters. The lowest BCUT2D eigenvalue weighted by Crippen LogP contribution is -2.37. The molecular formula is C19H27NO. The maximum Gasteiger partial charge on any atom is 0.119 e. The Morgan fingerprint density at radius 1 is 1.33 bits per heavy atom. The first-order valence-electron chi connectivity index (χ1n) is 7.96. The number of piperidine rings is 1. The second kappa shape index (κ2) is 8.04. The monoisotopic (exact) mass is 285 g/mol. The van der Waals surface area contributed by atoms with Crippen molar-refractivity contribution in [3.8, 4) is 5.75 Å². The minimum absolute atomic E-state index is 0.620. The molecule has 1 aliphatic rings. The number of hydrogen-bond acceptors (Lipinski definition) is 2. The molecule has 1 N–H and O–H groups in total. The highest BCUT2D eigenvalue weighted by atomic mass is 16.5. The number of allylic oxidation sites excluding steroid dienone is 4. The highest BCUT2D eigenvalue weighted by Crippen LogP contribution is 2.23. The third-order valence-electron chi connectivity index (χ3n) is 3.97. The molecule has 0 amide bonds. The van der Waals surface area contributed by atoms with Crippen LogP contribution in [0.4, 0.5) is 0 Å². The lowest BCUT2D eigenvalue weighted by molar-refractivity contribution is 0.194. The van der Waals surface area contributed by atoms with Crippen molar-refractivity contribution in [2.24, 2.45) is 11.8 Å². The molecule has 0 bridgehead atoms. The van der Waals surface area contributed by atoms with Crippen LogP contribution in [-0.4, -0.2) is 19.7 Å². The third kappa shape index (κ3) is 4.75. The molecule has 0 spiro atoms. The van der Waals surface area contributed by atoms with Crippen LogP contribution < -0.4 is 10.1 Å². The maximum atomic E-state index is 6.02. The minimum atomic E-state index is 0.620. The van der Waals surface area contributed by atoms with E-state index in [4.69, 9.17) is 4.74 Å². The predicted molar refractivity (Wildman–Crippen MR) is 90.5 cm³/mol. The minimum Gasteiger partial charge on any atom is -0.493 e. The number of ether oxygens (including phenoxy) is 1. The summed E-state index contributed by atoms with van der Waals surface area (Å²) in [7, 11) is 0. The summed E-state index contributed by atoms with van der Waals surface area (Å²) in [5.41, 5.74) is 2.44. The van der Waals surface area contributed by atoms with Crippen molar-refractivity contribution in [2.75, 3.05) is 19.7 Å². The molecule has 2 heteroatoms. The Kier molecular flexibility index (Phi) is 6.06. The van der Waals surface area contributed by atoms with Gasteiger partial charge in [0.15, 0.2) is 0 Å². The summed E-state index contributed by atoms with van der Waals surface area (Å²) in [6.07, 6.45) is 7.58. The Hall–Kier alpha value is -1.54. The summed E-state index contributed by atoms with van der Waals surface area (Å²) in [5, 5.41) is 3.48. The molecule has 1 heterocycles. The molecule has 2 nitrogen and oxygen atoms in total. The molecule has 0 saturated carbocycles. The standard InChI is InChI=1S/C19H27NO/c1-4-7-17(5-2)18-8-6-9-19(11-18)21-14-16-10-15(3)12-20-13-16/h4-9,11,15-16,20H,10,12-14H2,1-3H3/b7-4-,17-5+/t15-,16+/m1/s1. The summed E-state index contributed by atoms with van der Waals surface area (Å²) in [6.45, 7) is 9.42. The molecule has 1 aromatic carbocycles. The fourth-order valence-corrected chi connectivity index (χ4v) is 2.91. The molecule has 1 aliphatic heterocycles. The number of hydrogen-bond donors (Lipinski definition) is 1. The van der Waals surface area contributed by atoms with Gasteiger partial charge in [-0.05, 0) is 56.0 Å². The van der Waals surface area contributed by atoms with Crippen LogP contribution in [0.15, 0.2) is 42.5 Å². The van der Waals surface area contributed by atoms with Crippen molar-refractivity contribution in [2.45, 2.75) is 27.2 Å². The van der Waals surface area contributed by atoms with Gasteiger partial charge in [-0.15, -0.1) is 0 Å². The van der Waals surface area contributed by atoms with E-state index in [0.29, 0.717) is 5.92 Å². The zero-order chi connectivity index (χ0) is 15.1. The van der Waals surface area contributed by atoms with Crippen molar-refractivity contribution < 1.29 is 4.74 Å². The molecule has 0 aromatic heterocycles. The maximum absolute atomic E-state index is 6.02. The molecule has 1 saturated heterocycles. The average Bonchev–Trinajstić information content (AvgIpc) is 2.51. The van der Waals surface area contributed by atoms with Crippen LogP contribution in [0, 0.1) is 11.8 Å². The first-order chi connectivity index (χ1) is 10.2. The molecule has 21 heavy (non-hydrogen) atoms. The van der Waals surface area contributed by atoms with E-state index in [1.54, 1.807) is 0 Å². The zero-order valence-corrected chi connectivity index (χ0v) is 13.4. The Labute approximate surface area is 128 Å². The van der Waals surface area contributed by atoms with Crippen LogP contribution in [0.1, 0.15) is 32.8 Å². The van der Waals surface area contributed by atoms with Gasteiger partial charge in [0, 0.05) is 12.5 Å². The van der Waals surface area contributed by atoms with E-state index in [9.17, 15) is 0 Å². The largest absolute Gasteiger partial charge is 0.493 e. The first kappa shape index (κ1) is 15.8. The summed E-state index contributed by atoms with van der Waals surface area (Å²) in [6, 6.07) is 8.38. The fourth-order valence-electron chi connectivity index (χ4n) is 2.91. The van der Waals surface area contributed by atoms with Crippen molar-refractivity contribution in [3.05, 3.63) is 48.1 Å². The van der Waals surface area contributed by atoms with Crippen LogP contribution in [0.2, 0.25) is 0 Å². The normalized spacial score (nSPS) is 23.5. The van der Waals surface area contributed by atoms with Crippen molar-refractivity contribution in [3.63, 3.8) is 0 Å². The van der Waals surface area contributed by atoms with E-state index in [0.717, 1.165) is 31.4 Å². The van der Waals surface area contributed by atoms with Gasteiger partial charge in [0.05, 0.1) is 6.61 Å². The van der Waals surface area contributed by atoms with Crippen molar-refractivity contribution in [1.82, 2.24) is 5.32 Å².